The van der Waals surface area contributed by atoms with Crippen molar-refractivity contribution in [1.82, 2.24) is 0 Å². The lowest BCUT2D eigenvalue weighted by molar-refractivity contribution is -0.167. The lowest BCUT2D eigenvalue weighted by Gasteiger charge is -2.18. The van der Waals surface area contributed by atoms with Crippen molar-refractivity contribution in [3.8, 4) is 0 Å². The molecule has 0 aliphatic heterocycles. The number of allylic oxidation sites excluding steroid dienone is 20. The molecule has 0 saturated heterocycles. The van der Waals surface area contributed by atoms with Crippen LogP contribution in [0.1, 0.15) is 265 Å². The molecule has 0 N–H and O–H groups in total. The second-order valence-corrected chi connectivity index (χ2v) is 19.5. The number of unbranched alkanes of at least 4 members (excludes halogenated alkanes) is 22. The summed E-state index contributed by atoms with van der Waals surface area (Å²) >= 11 is 0. The van der Waals surface area contributed by atoms with Gasteiger partial charge >= 0.3 is 17.9 Å². The summed E-state index contributed by atoms with van der Waals surface area (Å²) in [5.41, 5.74) is 0. The summed E-state index contributed by atoms with van der Waals surface area (Å²) in [6.45, 7) is 6.35. The molecule has 0 unspecified atom stereocenters. The lowest BCUT2D eigenvalue weighted by Crippen LogP contribution is -2.30. The van der Waals surface area contributed by atoms with E-state index >= 15 is 0 Å². The van der Waals surface area contributed by atoms with Gasteiger partial charge in [-0.05, 0) is 122 Å². The molecular formula is C67H110O6. The maximum Gasteiger partial charge on any atom is 0.306 e. The summed E-state index contributed by atoms with van der Waals surface area (Å²) in [7, 11) is 0. The van der Waals surface area contributed by atoms with E-state index in [4.69, 9.17) is 14.2 Å². The van der Waals surface area contributed by atoms with Crippen LogP contribution in [0.4, 0.5) is 0 Å². The molecule has 6 nitrogen and oxygen atoms in total. The van der Waals surface area contributed by atoms with Gasteiger partial charge in [-0.25, -0.2) is 0 Å². The van der Waals surface area contributed by atoms with E-state index in [1.807, 2.05) is 0 Å². The maximum absolute atomic E-state index is 12.9. The van der Waals surface area contributed by atoms with Gasteiger partial charge in [-0.2, -0.15) is 0 Å². The first-order valence-electron chi connectivity index (χ1n) is 30.0. The number of carbonyl (C=O) groups excluding carboxylic acids is 3. The fourth-order valence-corrected chi connectivity index (χ4v) is 7.99. The number of hydrogen-bond acceptors (Lipinski definition) is 6. The number of rotatable bonds is 53. The third kappa shape index (κ3) is 58.6. The van der Waals surface area contributed by atoms with E-state index in [-0.39, 0.29) is 37.5 Å². The standard InChI is InChI=1S/C67H110O6/c1-4-7-10-13-16-19-22-25-28-31-32-33-34-37-40-43-46-49-52-55-58-61-67(70)73-64(62-71-65(68)59-56-53-50-47-44-41-38-35-29-26-23-20-17-14-11-8-5-2)63-72-66(69)60-57-54-51-48-45-42-39-36-30-27-24-21-18-15-12-9-6-3/h8-9,11-12,17-18,20-21,25-30,38-39,41-42,47,50,64H,4-7,10,13-16,19,22-24,31-37,40,43-46,48-49,51-63H2,1-3H3/b11-8-,12-9-,20-17-,21-18-,28-25-,29-26-,30-27-,41-38-,42-39-,50-47-/t64-/m1/s1. The minimum Gasteiger partial charge on any atom is -0.462 e. The van der Waals surface area contributed by atoms with Gasteiger partial charge in [-0.3, -0.25) is 14.4 Å². The Morgan fingerprint density at radius 2 is 0.548 bits per heavy atom. The SMILES string of the molecule is CC/C=C\C/C=C\C/C=C\C/C=C\C/C=C\CCCC(=O)OC[C@H](COC(=O)CCCCCC/C=C\C/C=C\C/C=C\C/C=C\CC)OC(=O)CCCCCCCCCCCCC/C=C\CCCCCCCC. The average molecular weight is 1010 g/mol. The van der Waals surface area contributed by atoms with Gasteiger partial charge in [-0.15, -0.1) is 0 Å². The second kappa shape index (κ2) is 60.4. The van der Waals surface area contributed by atoms with Crippen LogP contribution in [0.2, 0.25) is 0 Å². The fraction of sp³-hybridized carbons (Fsp3) is 0.657. The molecule has 0 rings (SSSR count). The molecule has 0 aromatic heterocycles. The van der Waals surface area contributed by atoms with Gasteiger partial charge in [0.2, 0.25) is 0 Å². The number of ether oxygens (including phenoxy) is 3. The summed E-state index contributed by atoms with van der Waals surface area (Å²) in [6, 6.07) is 0. The van der Waals surface area contributed by atoms with Crippen LogP contribution in [0.3, 0.4) is 0 Å². The first-order chi connectivity index (χ1) is 36.0. The molecule has 0 fully saturated rings. The Labute approximate surface area is 450 Å². The Kier molecular flexibility index (Phi) is 56.9. The number of carbonyl (C=O) groups is 3. The fourth-order valence-electron chi connectivity index (χ4n) is 7.99. The van der Waals surface area contributed by atoms with E-state index in [1.165, 1.54) is 103 Å². The maximum atomic E-state index is 12.9. The molecule has 0 saturated carbocycles. The Morgan fingerprint density at radius 3 is 0.904 bits per heavy atom. The van der Waals surface area contributed by atoms with Gasteiger partial charge in [0.15, 0.2) is 6.10 Å². The normalized spacial score (nSPS) is 13.0. The predicted octanol–water partition coefficient (Wildman–Crippen LogP) is 20.4. The Hall–Kier alpha value is -4.19. The first kappa shape index (κ1) is 68.8. The minimum absolute atomic E-state index is 0.111. The van der Waals surface area contributed by atoms with Crippen LogP contribution < -0.4 is 0 Å². The summed E-state index contributed by atoms with van der Waals surface area (Å²) in [5, 5.41) is 0. The summed E-state index contributed by atoms with van der Waals surface area (Å²) < 4.78 is 16.8. The number of esters is 3. The molecule has 0 aromatic rings. The van der Waals surface area contributed by atoms with Crippen LogP contribution in [-0.2, 0) is 28.6 Å². The highest BCUT2D eigenvalue weighted by Crippen LogP contribution is 2.15. The van der Waals surface area contributed by atoms with E-state index in [2.05, 4.69) is 142 Å². The molecule has 0 heterocycles. The van der Waals surface area contributed by atoms with Crippen LogP contribution in [0.15, 0.2) is 122 Å². The zero-order valence-corrected chi connectivity index (χ0v) is 47.4. The van der Waals surface area contributed by atoms with Crippen molar-refractivity contribution in [1.29, 1.82) is 0 Å². The van der Waals surface area contributed by atoms with E-state index in [0.29, 0.717) is 19.3 Å². The number of hydrogen-bond donors (Lipinski definition) is 0. The van der Waals surface area contributed by atoms with E-state index in [1.54, 1.807) is 0 Å². The predicted molar refractivity (Wildman–Crippen MR) is 316 cm³/mol. The Morgan fingerprint density at radius 1 is 0.288 bits per heavy atom. The lowest BCUT2D eigenvalue weighted by atomic mass is 10.0. The molecule has 73 heavy (non-hydrogen) atoms. The van der Waals surface area contributed by atoms with E-state index in [9.17, 15) is 14.4 Å². The molecule has 0 bridgehead atoms. The van der Waals surface area contributed by atoms with Crippen molar-refractivity contribution in [2.24, 2.45) is 0 Å². The Bertz CT molecular complexity index is 1540. The largest absolute Gasteiger partial charge is 0.462 e. The van der Waals surface area contributed by atoms with Gasteiger partial charge in [0, 0.05) is 19.3 Å². The first-order valence-corrected chi connectivity index (χ1v) is 30.0. The van der Waals surface area contributed by atoms with Crippen LogP contribution in [-0.4, -0.2) is 37.2 Å². The van der Waals surface area contributed by atoms with Crippen LogP contribution in [0.5, 0.6) is 0 Å². The highest BCUT2D eigenvalue weighted by molar-refractivity contribution is 5.71. The van der Waals surface area contributed by atoms with E-state index < -0.39 is 6.10 Å². The van der Waals surface area contributed by atoms with Crippen molar-refractivity contribution in [2.45, 2.75) is 271 Å². The molecule has 0 aromatic carbocycles. The van der Waals surface area contributed by atoms with Crippen molar-refractivity contribution in [2.75, 3.05) is 13.2 Å². The smallest absolute Gasteiger partial charge is 0.306 e. The molecular weight excluding hydrogens is 901 g/mol. The molecule has 414 valence electrons. The van der Waals surface area contributed by atoms with Crippen molar-refractivity contribution < 1.29 is 28.6 Å². The summed E-state index contributed by atoms with van der Waals surface area (Å²) in [4.78, 5) is 38.2. The monoisotopic (exact) mass is 1010 g/mol. The van der Waals surface area contributed by atoms with Gasteiger partial charge in [0.05, 0.1) is 0 Å². The third-order valence-corrected chi connectivity index (χ3v) is 12.4. The van der Waals surface area contributed by atoms with Crippen LogP contribution in [0, 0.1) is 0 Å². The highest BCUT2D eigenvalue weighted by Gasteiger charge is 2.19. The van der Waals surface area contributed by atoms with Crippen LogP contribution in [0.25, 0.3) is 0 Å². The second-order valence-electron chi connectivity index (χ2n) is 19.5. The quantitative estimate of drug-likeness (QED) is 0.0261. The molecule has 6 heteroatoms. The van der Waals surface area contributed by atoms with Gasteiger partial charge in [0.1, 0.15) is 13.2 Å². The van der Waals surface area contributed by atoms with Crippen LogP contribution >= 0.6 is 0 Å². The molecule has 1 atom stereocenters. The van der Waals surface area contributed by atoms with Gasteiger partial charge in [-0.1, -0.05) is 245 Å². The Balaban J connectivity index is 4.50. The van der Waals surface area contributed by atoms with Crippen molar-refractivity contribution in [3.05, 3.63) is 122 Å². The average Bonchev–Trinajstić information content (AvgIpc) is 3.39. The minimum atomic E-state index is -0.816. The topological polar surface area (TPSA) is 78.9 Å². The zero-order valence-electron chi connectivity index (χ0n) is 47.4. The zero-order chi connectivity index (χ0) is 52.9. The van der Waals surface area contributed by atoms with Crippen molar-refractivity contribution >= 4 is 17.9 Å². The van der Waals surface area contributed by atoms with Crippen molar-refractivity contribution in [3.63, 3.8) is 0 Å². The summed E-state index contributed by atoms with van der Waals surface area (Å²) in [6.07, 6.45) is 83.4. The molecule has 0 radical (unpaired) electrons. The summed E-state index contributed by atoms with van der Waals surface area (Å²) in [5.74, 6) is -0.992. The molecule has 0 aliphatic carbocycles. The molecule has 0 amide bonds. The molecule has 0 spiro atoms. The van der Waals surface area contributed by atoms with Gasteiger partial charge in [0.25, 0.3) is 0 Å². The van der Waals surface area contributed by atoms with E-state index in [0.717, 1.165) is 116 Å². The highest BCUT2D eigenvalue weighted by atomic mass is 16.6. The van der Waals surface area contributed by atoms with Gasteiger partial charge < -0.3 is 14.2 Å². The molecule has 0 aliphatic rings. The third-order valence-electron chi connectivity index (χ3n) is 12.4.